The first-order valence-corrected chi connectivity index (χ1v) is 5.45. The summed E-state index contributed by atoms with van der Waals surface area (Å²) in [5.74, 6) is 0.766. The van der Waals surface area contributed by atoms with Gasteiger partial charge < -0.3 is 4.42 Å². The second kappa shape index (κ2) is 4.07. The molecule has 2 nitrogen and oxygen atoms in total. The fourth-order valence-corrected chi connectivity index (χ4v) is 1.19. The quantitative estimate of drug-likeness (QED) is 0.585. The lowest BCUT2D eigenvalue weighted by Crippen LogP contribution is -1.86. The van der Waals surface area contributed by atoms with Crippen LogP contribution < -0.4 is 0 Å². The van der Waals surface area contributed by atoms with E-state index in [9.17, 15) is 0 Å². The standard InChI is InChI=1S/C7H11NOS2/c1-3-6-4-9-7(8-6)5(2)11-10/h4-5,10H,3H2,1-2H3. The number of oxazole rings is 1. The summed E-state index contributed by atoms with van der Waals surface area (Å²) in [6, 6.07) is 0. The van der Waals surface area contributed by atoms with Gasteiger partial charge in [0.05, 0.1) is 10.9 Å². The predicted octanol–water partition coefficient (Wildman–Crippen LogP) is 2.88. The average molecular weight is 189 g/mol. The zero-order valence-electron chi connectivity index (χ0n) is 6.57. The third kappa shape index (κ3) is 2.17. The van der Waals surface area contributed by atoms with Gasteiger partial charge >= 0.3 is 0 Å². The van der Waals surface area contributed by atoms with Crippen LogP contribution in [0.25, 0.3) is 0 Å². The van der Waals surface area contributed by atoms with Crippen LogP contribution >= 0.6 is 22.5 Å². The van der Waals surface area contributed by atoms with E-state index in [0.29, 0.717) is 0 Å². The second-order valence-corrected chi connectivity index (χ2v) is 3.83. The molecule has 0 N–H and O–H groups in total. The molecule has 0 aromatic carbocycles. The van der Waals surface area contributed by atoms with E-state index in [1.54, 1.807) is 6.26 Å². The molecule has 1 aromatic rings. The first-order chi connectivity index (χ1) is 5.27. The Labute approximate surface area is 75.6 Å². The lowest BCUT2D eigenvalue weighted by atomic mass is 10.4. The first kappa shape index (κ1) is 9.00. The molecule has 0 aliphatic rings. The number of thiol groups is 1. The van der Waals surface area contributed by atoms with Gasteiger partial charge in [-0.3, -0.25) is 0 Å². The van der Waals surface area contributed by atoms with E-state index >= 15 is 0 Å². The highest BCUT2D eigenvalue weighted by molar-refractivity contribution is 8.68. The van der Waals surface area contributed by atoms with Crippen LogP contribution in [0.15, 0.2) is 10.7 Å². The van der Waals surface area contributed by atoms with Crippen molar-refractivity contribution < 1.29 is 4.42 Å². The van der Waals surface area contributed by atoms with Crippen LogP contribution in [0.2, 0.25) is 0 Å². The topological polar surface area (TPSA) is 26.0 Å². The molecule has 1 aromatic heterocycles. The van der Waals surface area contributed by atoms with E-state index in [1.807, 2.05) is 6.92 Å². The van der Waals surface area contributed by atoms with Crippen molar-refractivity contribution in [2.75, 3.05) is 0 Å². The minimum Gasteiger partial charge on any atom is -0.447 e. The maximum Gasteiger partial charge on any atom is 0.207 e. The summed E-state index contributed by atoms with van der Waals surface area (Å²) in [4.78, 5) is 4.26. The zero-order valence-corrected chi connectivity index (χ0v) is 8.28. The Bertz CT molecular complexity index is 224. The van der Waals surface area contributed by atoms with E-state index in [1.165, 1.54) is 10.8 Å². The van der Waals surface area contributed by atoms with Crippen LogP contribution in [0.1, 0.15) is 30.7 Å². The lowest BCUT2D eigenvalue weighted by molar-refractivity contribution is 0.498. The predicted molar refractivity (Wildman–Crippen MR) is 50.9 cm³/mol. The third-order valence-electron chi connectivity index (χ3n) is 1.44. The highest BCUT2D eigenvalue weighted by Gasteiger charge is 2.10. The lowest BCUT2D eigenvalue weighted by Gasteiger charge is -1.98. The molecular weight excluding hydrogens is 178 g/mol. The summed E-state index contributed by atoms with van der Waals surface area (Å²) in [6.45, 7) is 4.07. The molecule has 0 aliphatic carbocycles. The minimum atomic E-state index is 0.235. The van der Waals surface area contributed by atoms with E-state index in [-0.39, 0.29) is 5.25 Å². The van der Waals surface area contributed by atoms with Crippen molar-refractivity contribution in [3.8, 4) is 0 Å². The van der Waals surface area contributed by atoms with Crippen molar-refractivity contribution in [3.63, 3.8) is 0 Å². The molecule has 62 valence electrons. The fraction of sp³-hybridized carbons (Fsp3) is 0.571. The normalized spacial score (nSPS) is 13.4. The Kier molecular flexibility index (Phi) is 3.33. The summed E-state index contributed by atoms with van der Waals surface area (Å²) in [5, 5.41) is 0.235. The average Bonchev–Trinajstić information content (AvgIpc) is 2.50. The Balaban J connectivity index is 2.71. The van der Waals surface area contributed by atoms with Crippen molar-refractivity contribution in [1.82, 2.24) is 4.98 Å². The van der Waals surface area contributed by atoms with Crippen molar-refractivity contribution in [2.24, 2.45) is 0 Å². The Morgan fingerprint density at radius 1 is 1.82 bits per heavy atom. The SMILES string of the molecule is CCc1coc(C(C)SS)n1. The summed E-state index contributed by atoms with van der Waals surface area (Å²) in [7, 11) is 1.44. The highest BCUT2D eigenvalue weighted by atomic mass is 33.1. The molecule has 0 amide bonds. The number of aryl methyl sites for hydroxylation is 1. The van der Waals surface area contributed by atoms with Crippen LogP contribution in [0.4, 0.5) is 0 Å². The van der Waals surface area contributed by atoms with Gasteiger partial charge in [-0.15, -0.1) is 11.7 Å². The number of nitrogens with zero attached hydrogens (tertiary/aromatic N) is 1. The molecule has 1 unspecified atom stereocenters. The van der Waals surface area contributed by atoms with Gasteiger partial charge in [0, 0.05) is 0 Å². The van der Waals surface area contributed by atoms with Gasteiger partial charge in [0.25, 0.3) is 0 Å². The van der Waals surface area contributed by atoms with Crippen LogP contribution in [0.3, 0.4) is 0 Å². The van der Waals surface area contributed by atoms with Gasteiger partial charge in [-0.05, 0) is 13.3 Å². The molecule has 0 fully saturated rings. The maximum absolute atomic E-state index is 5.23. The fourth-order valence-electron chi connectivity index (χ4n) is 0.717. The van der Waals surface area contributed by atoms with Crippen molar-refractivity contribution in [1.29, 1.82) is 0 Å². The van der Waals surface area contributed by atoms with Crippen molar-refractivity contribution >= 4 is 22.5 Å². The van der Waals surface area contributed by atoms with E-state index in [2.05, 4.69) is 23.6 Å². The molecule has 1 heterocycles. The number of hydrogen-bond acceptors (Lipinski definition) is 4. The van der Waals surface area contributed by atoms with Crippen LogP contribution in [0, 0.1) is 0 Å². The summed E-state index contributed by atoms with van der Waals surface area (Å²) >= 11 is 4.08. The molecule has 0 bridgehead atoms. The smallest absolute Gasteiger partial charge is 0.207 e. The monoisotopic (exact) mass is 189 g/mol. The number of aromatic nitrogens is 1. The molecule has 4 heteroatoms. The Morgan fingerprint density at radius 3 is 3.00 bits per heavy atom. The summed E-state index contributed by atoms with van der Waals surface area (Å²) in [6.07, 6.45) is 2.63. The summed E-state index contributed by atoms with van der Waals surface area (Å²) < 4.78 is 5.23. The van der Waals surface area contributed by atoms with Gasteiger partial charge in [-0.25, -0.2) is 4.98 Å². The van der Waals surface area contributed by atoms with Crippen LogP contribution in [-0.4, -0.2) is 4.98 Å². The molecule has 0 spiro atoms. The minimum absolute atomic E-state index is 0.235. The number of hydrogen-bond donors (Lipinski definition) is 1. The maximum atomic E-state index is 5.23. The van der Waals surface area contributed by atoms with Crippen LogP contribution in [0.5, 0.6) is 0 Å². The largest absolute Gasteiger partial charge is 0.447 e. The molecular formula is C7H11NOS2. The zero-order chi connectivity index (χ0) is 8.27. The molecule has 11 heavy (non-hydrogen) atoms. The van der Waals surface area contributed by atoms with Gasteiger partial charge in [0.15, 0.2) is 0 Å². The van der Waals surface area contributed by atoms with Crippen LogP contribution in [-0.2, 0) is 6.42 Å². The highest BCUT2D eigenvalue weighted by Crippen LogP contribution is 2.29. The number of rotatable bonds is 3. The van der Waals surface area contributed by atoms with Crippen molar-refractivity contribution in [3.05, 3.63) is 17.8 Å². The molecule has 1 atom stereocenters. The van der Waals surface area contributed by atoms with Gasteiger partial charge in [0.1, 0.15) is 6.26 Å². The third-order valence-corrected chi connectivity index (χ3v) is 2.90. The molecule has 1 rings (SSSR count). The van der Waals surface area contributed by atoms with E-state index in [4.69, 9.17) is 4.42 Å². The first-order valence-electron chi connectivity index (χ1n) is 3.52. The summed E-state index contributed by atoms with van der Waals surface area (Å²) in [5.41, 5.74) is 1.01. The van der Waals surface area contributed by atoms with E-state index < -0.39 is 0 Å². The Hall–Kier alpha value is -0.0900. The molecule has 0 radical (unpaired) electrons. The molecule has 0 aliphatic heterocycles. The van der Waals surface area contributed by atoms with E-state index in [0.717, 1.165) is 18.0 Å². The van der Waals surface area contributed by atoms with Gasteiger partial charge in [-0.1, -0.05) is 17.7 Å². The second-order valence-electron chi connectivity index (χ2n) is 2.28. The Morgan fingerprint density at radius 2 is 2.55 bits per heavy atom. The molecule has 0 saturated heterocycles. The molecule has 0 saturated carbocycles. The van der Waals surface area contributed by atoms with Crippen molar-refractivity contribution in [2.45, 2.75) is 25.5 Å². The van der Waals surface area contributed by atoms with Gasteiger partial charge in [0.2, 0.25) is 5.89 Å². The van der Waals surface area contributed by atoms with Gasteiger partial charge in [-0.2, -0.15) is 0 Å².